The van der Waals surface area contributed by atoms with Crippen molar-refractivity contribution in [1.29, 1.82) is 0 Å². The number of Topliss-reactive ketones (excluding diaryl/α,β-unsaturated/α-hetero) is 1. The zero-order valence-electron chi connectivity index (χ0n) is 18.1. The largest absolute Gasteiger partial charge is 0.444 e. The van der Waals surface area contributed by atoms with Gasteiger partial charge in [0.25, 0.3) is 0 Å². The van der Waals surface area contributed by atoms with E-state index in [4.69, 9.17) is 9.62 Å². The van der Waals surface area contributed by atoms with Gasteiger partial charge in [-0.05, 0) is 12.8 Å². The number of oxazole rings is 1. The molecule has 0 saturated carbocycles. The SMILES string of the molecule is CN(O)C(=O)CCCCCCC(=O)Cc1ncc(SCc2ncc(C(C)(C)C)o2)s1. The maximum absolute atomic E-state index is 12.2. The van der Waals surface area contributed by atoms with Crippen molar-refractivity contribution < 1.29 is 19.2 Å². The number of ketones is 1. The minimum atomic E-state index is -0.277. The summed E-state index contributed by atoms with van der Waals surface area (Å²) in [5, 5.41) is 10.4. The molecule has 0 aliphatic rings. The highest BCUT2D eigenvalue weighted by atomic mass is 32.2. The van der Waals surface area contributed by atoms with Crippen LogP contribution in [0.3, 0.4) is 0 Å². The maximum Gasteiger partial charge on any atom is 0.245 e. The average Bonchev–Trinajstić information content (AvgIpc) is 3.31. The molecule has 0 atom stereocenters. The van der Waals surface area contributed by atoms with Crippen molar-refractivity contribution in [2.24, 2.45) is 0 Å². The first-order valence-corrected chi connectivity index (χ1v) is 11.9. The smallest absolute Gasteiger partial charge is 0.245 e. The second kappa shape index (κ2) is 11.6. The minimum absolute atomic E-state index is 0.0541. The van der Waals surface area contributed by atoms with Crippen molar-refractivity contribution in [1.82, 2.24) is 15.0 Å². The Balaban J connectivity index is 1.64. The van der Waals surface area contributed by atoms with E-state index in [0.717, 1.165) is 40.7 Å². The van der Waals surface area contributed by atoms with Crippen molar-refractivity contribution in [3.8, 4) is 0 Å². The average molecular weight is 454 g/mol. The molecule has 9 heteroatoms. The van der Waals surface area contributed by atoms with Crippen LogP contribution in [0.1, 0.15) is 76.0 Å². The molecular weight excluding hydrogens is 422 g/mol. The zero-order valence-corrected chi connectivity index (χ0v) is 19.8. The molecule has 0 aromatic carbocycles. The molecule has 2 aromatic rings. The molecule has 0 fully saturated rings. The van der Waals surface area contributed by atoms with Gasteiger partial charge < -0.3 is 4.42 Å². The Hall–Kier alpha value is -1.71. The van der Waals surface area contributed by atoms with Crippen LogP contribution in [0.25, 0.3) is 0 Å². The predicted octanol–water partition coefficient (Wildman–Crippen LogP) is 5.02. The van der Waals surface area contributed by atoms with Gasteiger partial charge >= 0.3 is 0 Å². The van der Waals surface area contributed by atoms with E-state index in [1.165, 1.54) is 7.05 Å². The fraction of sp³-hybridized carbons (Fsp3) is 0.619. The van der Waals surface area contributed by atoms with E-state index in [2.05, 4.69) is 30.7 Å². The Labute approximate surface area is 186 Å². The fourth-order valence-corrected chi connectivity index (χ4v) is 4.57. The summed E-state index contributed by atoms with van der Waals surface area (Å²) in [5.74, 6) is 2.13. The number of unbranched alkanes of at least 4 members (excludes halogenated alkanes) is 3. The normalized spacial score (nSPS) is 11.6. The number of carbonyl (C=O) groups excluding carboxylic acids is 2. The summed E-state index contributed by atoms with van der Waals surface area (Å²) >= 11 is 3.16. The number of nitrogens with zero attached hydrogens (tertiary/aromatic N) is 3. The van der Waals surface area contributed by atoms with Gasteiger partial charge in [0.05, 0.1) is 28.8 Å². The summed E-state index contributed by atoms with van der Waals surface area (Å²) in [7, 11) is 1.33. The van der Waals surface area contributed by atoms with Gasteiger partial charge in [-0.1, -0.05) is 33.6 Å². The maximum atomic E-state index is 12.2. The molecule has 2 heterocycles. The minimum Gasteiger partial charge on any atom is -0.444 e. The molecule has 1 N–H and O–H groups in total. The summed E-state index contributed by atoms with van der Waals surface area (Å²) in [5.41, 5.74) is -0.0541. The first-order valence-electron chi connectivity index (χ1n) is 10.1. The van der Waals surface area contributed by atoms with Crippen LogP contribution in [-0.2, 0) is 27.2 Å². The summed E-state index contributed by atoms with van der Waals surface area (Å²) in [6.45, 7) is 6.27. The van der Waals surface area contributed by atoms with E-state index in [-0.39, 0.29) is 17.1 Å². The van der Waals surface area contributed by atoms with Crippen molar-refractivity contribution in [3.05, 3.63) is 29.1 Å². The third-order valence-electron chi connectivity index (χ3n) is 4.47. The molecule has 0 aliphatic carbocycles. The Morgan fingerprint density at radius 2 is 1.83 bits per heavy atom. The third kappa shape index (κ3) is 8.57. The lowest BCUT2D eigenvalue weighted by Gasteiger charge is -2.12. The van der Waals surface area contributed by atoms with Crippen LogP contribution in [0.2, 0.25) is 0 Å². The number of thioether (sulfide) groups is 1. The summed E-state index contributed by atoms with van der Waals surface area (Å²) in [6.07, 6.45) is 8.15. The van der Waals surface area contributed by atoms with Gasteiger partial charge in [-0.2, -0.15) is 0 Å². The highest BCUT2D eigenvalue weighted by molar-refractivity contribution is 8.00. The molecule has 0 saturated heterocycles. The summed E-state index contributed by atoms with van der Waals surface area (Å²) < 4.78 is 6.85. The second-order valence-electron chi connectivity index (χ2n) is 8.28. The van der Waals surface area contributed by atoms with Crippen LogP contribution in [0, 0.1) is 0 Å². The molecule has 0 bridgehead atoms. The van der Waals surface area contributed by atoms with Crippen molar-refractivity contribution >= 4 is 34.8 Å². The van der Waals surface area contributed by atoms with Gasteiger partial charge in [-0.15, -0.1) is 23.1 Å². The number of carbonyl (C=O) groups is 2. The molecular formula is C21H31N3O4S2. The van der Waals surface area contributed by atoms with Gasteiger partial charge in [0.1, 0.15) is 16.6 Å². The molecule has 2 aromatic heterocycles. The predicted molar refractivity (Wildman–Crippen MR) is 118 cm³/mol. The van der Waals surface area contributed by atoms with Crippen LogP contribution < -0.4 is 0 Å². The number of thiazole rings is 1. The molecule has 0 aliphatic heterocycles. The monoisotopic (exact) mass is 453 g/mol. The van der Waals surface area contributed by atoms with E-state index in [1.54, 1.807) is 35.5 Å². The molecule has 7 nitrogen and oxygen atoms in total. The van der Waals surface area contributed by atoms with E-state index in [0.29, 0.717) is 36.0 Å². The Morgan fingerprint density at radius 1 is 1.13 bits per heavy atom. The van der Waals surface area contributed by atoms with E-state index in [9.17, 15) is 9.59 Å². The molecule has 166 valence electrons. The first-order chi connectivity index (χ1) is 14.1. The van der Waals surface area contributed by atoms with Crippen LogP contribution in [-0.4, -0.2) is 39.0 Å². The molecule has 0 unspecified atom stereocenters. The van der Waals surface area contributed by atoms with Gasteiger partial charge in [0.15, 0.2) is 0 Å². The lowest BCUT2D eigenvalue weighted by molar-refractivity contribution is -0.159. The first kappa shape index (κ1) is 24.6. The van der Waals surface area contributed by atoms with Crippen LogP contribution in [0.4, 0.5) is 0 Å². The standard InChI is InChI=1S/C21H31N3O4S2/c1-21(2,3)16-12-22-17(28-16)14-29-20-13-23-18(30-20)11-15(25)9-7-5-6-8-10-19(26)24(4)27/h12-13,27H,5-11,14H2,1-4H3. The van der Waals surface area contributed by atoms with Gasteiger partial charge in [0.2, 0.25) is 11.8 Å². The molecule has 0 spiro atoms. The highest BCUT2D eigenvalue weighted by Crippen LogP contribution is 2.30. The van der Waals surface area contributed by atoms with Crippen LogP contribution in [0.15, 0.2) is 21.0 Å². The summed E-state index contributed by atoms with van der Waals surface area (Å²) in [6, 6.07) is 0. The quantitative estimate of drug-likeness (QED) is 0.208. The number of amides is 1. The van der Waals surface area contributed by atoms with Crippen molar-refractivity contribution in [3.63, 3.8) is 0 Å². The molecule has 30 heavy (non-hydrogen) atoms. The van der Waals surface area contributed by atoms with Crippen molar-refractivity contribution in [2.45, 2.75) is 81.1 Å². The Morgan fingerprint density at radius 3 is 2.47 bits per heavy atom. The van der Waals surface area contributed by atoms with E-state index in [1.807, 2.05) is 0 Å². The number of aromatic nitrogens is 2. The zero-order chi connectivity index (χ0) is 22.1. The second-order valence-corrected chi connectivity index (χ2v) is 10.7. The number of hydroxylamine groups is 2. The lowest BCUT2D eigenvalue weighted by atomic mass is 9.94. The van der Waals surface area contributed by atoms with Gasteiger partial charge in [-0.25, -0.2) is 15.0 Å². The number of rotatable bonds is 12. The summed E-state index contributed by atoms with van der Waals surface area (Å²) in [4.78, 5) is 32.1. The molecule has 0 radical (unpaired) electrons. The van der Waals surface area contributed by atoms with E-state index < -0.39 is 0 Å². The number of hydrogen-bond acceptors (Lipinski definition) is 8. The molecule has 2 rings (SSSR count). The molecule has 1 amide bonds. The third-order valence-corrected chi connectivity index (χ3v) is 6.65. The van der Waals surface area contributed by atoms with E-state index >= 15 is 0 Å². The Kier molecular flexibility index (Phi) is 9.51. The lowest BCUT2D eigenvalue weighted by Crippen LogP contribution is -2.21. The fourth-order valence-electron chi connectivity index (χ4n) is 2.67. The van der Waals surface area contributed by atoms with Crippen LogP contribution >= 0.6 is 23.1 Å². The van der Waals surface area contributed by atoms with Crippen LogP contribution in [0.5, 0.6) is 0 Å². The Bertz CT molecular complexity index is 824. The number of hydrogen-bond donors (Lipinski definition) is 1. The van der Waals surface area contributed by atoms with Gasteiger partial charge in [-0.3, -0.25) is 14.8 Å². The van der Waals surface area contributed by atoms with Crippen molar-refractivity contribution in [2.75, 3.05) is 7.05 Å². The van der Waals surface area contributed by atoms with Gasteiger partial charge in [0, 0.05) is 25.3 Å². The highest BCUT2D eigenvalue weighted by Gasteiger charge is 2.19. The topological polar surface area (TPSA) is 96.5 Å².